The van der Waals surface area contributed by atoms with E-state index in [4.69, 9.17) is 9.47 Å². The minimum absolute atomic E-state index is 0.107. The first kappa shape index (κ1) is 26.5. The number of nitrogens with zero attached hydrogens (tertiary/aromatic N) is 1. The number of nitrogens with one attached hydrogen (secondary N) is 1. The second-order valence-electron chi connectivity index (χ2n) is 10.2. The van der Waals surface area contributed by atoms with Crippen molar-refractivity contribution in [3.8, 4) is 11.5 Å². The molecule has 0 radical (unpaired) electrons. The fourth-order valence-electron chi connectivity index (χ4n) is 4.65. The molecule has 2 aromatic rings. The molecule has 2 N–H and O–H groups in total. The zero-order valence-electron chi connectivity index (χ0n) is 21.2. The van der Waals surface area contributed by atoms with Crippen molar-refractivity contribution >= 4 is 34.1 Å². The largest absolute Gasteiger partial charge is 0.497 e. The minimum atomic E-state index is -1.07. The van der Waals surface area contributed by atoms with Gasteiger partial charge in [-0.05, 0) is 47.9 Å². The van der Waals surface area contributed by atoms with Crippen molar-refractivity contribution in [2.75, 3.05) is 26.1 Å². The first-order chi connectivity index (χ1) is 16.4. The maximum Gasteiger partial charge on any atom is 0.339 e. The Morgan fingerprint density at radius 3 is 2.51 bits per heavy atom. The van der Waals surface area contributed by atoms with E-state index in [0.717, 1.165) is 11.3 Å². The Kier molecular flexibility index (Phi) is 8.10. The second kappa shape index (κ2) is 10.7. The maximum absolute atomic E-state index is 13.3. The lowest BCUT2D eigenvalue weighted by Crippen LogP contribution is -2.36. The van der Waals surface area contributed by atoms with E-state index in [9.17, 15) is 19.5 Å². The third kappa shape index (κ3) is 6.33. The maximum atomic E-state index is 13.3. The van der Waals surface area contributed by atoms with Crippen LogP contribution in [0.4, 0.5) is 5.00 Å². The van der Waals surface area contributed by atoms with Crippen LogP contribution in [-0.2, 0) is 17.8 Å². The van der Waals surface area contributed by atoms with Crippen molar-refractivity contribution in [3.05, 3.63) is 39.8 Å². The Balaban J connectivity index is 1.81. The predicted molar refractivity (Wildman–Crippen MR) is 136 cm³/mol. The summed E-state index contributed by atoms with van der Waals surface area (Å²) in [6, 6.07) is 5.04. The third-order valence-electron chi connectivity index (χ3n) is 5.94. The first-order valence-corrected chi connectivity index (χ1v) is 12.4. The topological polar surface area (TPSA) is 105 Å². The number of carbonyl (C=O) groups is 3. The predicted octanol–water partition coefficient (Wildman–Crippen LogP) is 5.06. The number of carbonyl (C=O) groups excluding carboxylic acids is 2. The zero-order chi connectivity index (χ0) is 25.9. The van der Waals surface area contributed by atoms with Gasteiger partial charge in [0.05, 0.1) is 31.9 Å². The number of aromatic carboxylic acids is 1. The molecule has 1 aliphatic rings. The number of benzene rings is 1. The summed E-state index contributed by atoms with van der Waals surface area (Å²) < 4.78 is 10.6. The molecular formula is C26H34N2O6S. The van der Waals surface area contributed by atoms with Gasteiger partial charge in [-0.3, -0.25) is 9.59 Å². The summed E-state index contributed by atoms with van der Waals surface area (Å²) in [5, 5.41) is 13.1. The average molecular weight is 503 g/mol. The number of amides is 2. The summed E-state index contributed by atoms with van der Waals surface area (Å²) in [5.41, 5.74) is 1.30. The van der Waals surface area contributed by atoms with Crippen molar-refractivity contribution in [1.29, 1.82) is 0 Å². The van der Waals surface area contributed by atoms with E-state index in [-0.39, 0.29) is 35.3 Å². The van der Waals surface area contributed by atoms with Gasteiger partial charge >= 0.3 is 5.97 Å². The van der Waals surface area contributed by atoms with Crippen LogP contribution in [0.3, 0.4) is 0 Å². The van der Waals surface area contributed by atoms with Gasteiger partial charge in [-0.2, -0.15) is 0 Å². The number of anilines is 1. The van der Waals surface area contributed by atoms with Gasteiger partial charge in [0.1, 0.15) is 16.5 Å². The normalized spacial score (nSPS) is 14.2. The molecule has 1 aromatic carbocycles. The molecule has 0 aliphatic carbocycles. The number of carboxylic acid groups (broad SMARTS) is 1. The van der Waals surface area contributed by atoms with E-state index in [2.05, 4.69) is 26.1 Å². The van der Waals surface area contributed by atoms with Crippen LogP contribution in [0.2, 0.25) is 0 Å². The zero-order valence-corrected chi connectivity index (χ0v) is 22.0. The molecule has 2 amide bonds. The molecule has 0 spiro atoms. The lowest BCUT2D eigenvalue weighted by atomic mass is 9.84. The van der Waals surface area contributed by atoms with Gasteiger partial charge in [-0.1, -0.05) is 27.7 Å². The molecule has 3 rings (SSSR count). The van der Waals surface area contributed by atoms with E-state index in [1.165, 1.54) is 25.6 Å². The quantitative estimate of drug-likeness (QED) is 0.523. The Morgan fingerprint density at radius 1 is 1.20 bits per heavy atom. The number of rotatable bonds is 8. The van der Waals surface area contributed by atoms with Gasteiger partial charge in [0.2, 0.25) is 5.91 Å². The number of ether oxygens (including phenoxy) is 2. The molecule has 2 heterocycles. The fourth-order valence-corrected chi connectivity index (χ4v) is 5.93. The molecule has 35 heavy (non-hydrogen) atoms. The summed E-state index contributed by atoms with van der Waals surface area (Å²) >= 11 is 1.23. The highest BCUT2D eigenvalue weighted by Gasteiger charge is 2.32. The highest BCUT2D eigenvalue weighted by molar-refractivity contribution is 7.17. The van der Waals surface area contributed by atoms with Gasteiger partial charge in [0.15, 0.2) is 0 Å². The third-order valence-corrected chi connectivity index (χ3v) is 7.07. The van der Waals surface area contributed by atoms with Crippen LogP contribution < -0.4 is 14.8 Å². The molecular weight excluding hydrogens is 468 g/mol. The number of methoxy groups -OCH3 is 2. The van der Waals surface area contributed by atoms with E-state index in [1.54, 1.807) is 23.1 Å². The van der Waals surface area contributed by atoms with Crippen molar-refractivity contribution in [2.24, 2.45) is 11.3 Å². The number of fused-ring (bicyclic) bond motifs is 1. The molecule has 9 heteroatoms. The fraction of sp³-hybridized carbons (Fsp3) is 0.500. The van der Waals surface area contributed by atoms with Crippen LogP contribution in [0.15, 0.2) is 18.2 Å². The molecule has 0 bridgehead atoms. The molecule has 0 saturated carbocycles. The molecule has 0 fully saturated rings. The lowest BCUT2D eigenvalue weighted by molar-refractivity contribution is -0.117. The van der Waals surface area contributed by atoms with Crippen molar-refractivity contribution in [2.45, 2.75) is 53.5 Å². The Hall–Kier alpha value is -3.07. The van der Waals surface area contributed by atoms with Crippen molar-refractivity contribution in [3.63, 3.8) is 0 Å². The van der Waals surface area contributed by atoms with Gasteiger partial charge in [-0.25, -0.2) is 4.79 Å². The lowest BCUT2D eigenvalue weighted by Gasteiger charge is -2.27. The van der Waals surface area contributed by atoms with E-state index in [0.29, 0.717) is 47.0 Å². The monoisotopic (exact) mass is 502 g/mol. The van der Waals surface area contributed by atoms with E-state index < -0.39 is 5.97 Å². The van der Waals surface area contributed by atoms with Crippen LogP contribution >= 0.6 is 11.3 Å². The number of thiophene rings is 1. The number of hydrogen-bond acceptors (Lipinski definition) is 6. The van der Waals surface area contributed by atoms with Gasteiger partial charge < -0.3 is 24.8 Å². The Morgan fingerprint density at radius 2 is 1.91 bits per heavy atom. The van der Waals surface area contributed by atoms with Crippen LogP contribution in [0.25, 0.3) is 0 Å². The number of hydrogen-bond donors (Lipinski definition) is 2. The van der Waals surface area contributed by atoms with Crippen molar-refractivity contribution < 1.29 is 29.0 Å². The summed E-state index contributed by atoms with van der Waals surface area (Å²) in [6.07, 6.45) is 1.60. The SMILES string of the molecule is COc1ccc(OC)c(C(=O)N2CCc3c(sc(NC(=O)CC(C)CC(C)(C)C)c3C(=O)O)C2)c1. The first-order valence-electron chi connectivity index (χ1n) is 11.6. The summed E-state index contributed by atoms with van der Waals surface area (Å²) in [4.78, 5) is 40.5. The van der Waals surface area contributed by atoms with Crippen LogP contribution in [0.1, 0.15) is 71.7 Å². The van der Waals surface area contributed by atoms with Gasteiger partial charge in [0, 0.05) is 17.8 Å². The Labute approximate surface area is 210 Å². The van der Waals surface area contributed by atoms with Gasteiger partial charge in [-0.15, -0.1) is 11.3 Å². The molecule has 1 atom stereocenters. The van der Waals surface area contributed by atoms with Crippen molar-refractivity contribution in [1.82, 2.24) is 4.90 Å². The van der Waals surface area contributed by atoms with Crippen LogP contribution in [0, 0.1) is 11.3 Å². The van der Waals surface area contributed by atoms with Crippen LogP contribution in [-0.4, -0.2) is 48.6 Å². The standard InChI is InChI=1S/C26H34N2O6S/c1-15(13-26(2,3)4)11-21(29)27-23-22(25(31)32)17-9-10-28(14-20(17)35-23)24(30)18-12-16(33-5)7-8-19(18)34-6/h7-8,12,15H,9-11,13-14H2,1-6H3,(H,27,29)(H,31,32). The van der Waals surface area contributed by atoms with Gasteiger partial charge in [0.25, 0.3) is 5.91 Å². The molecule has 0 saturated heterocycles. The summed E-state index contributed by atoms with van der Waals surface area (Å²) in [7, 11) is 3.03. The minimum Gasteiger partial charge on any atom is -0.497 e. The highest BCUT2D eigenvalue weighted by atomic mass is 32.1. The molecule has 1 aromatic heterocycles. The Bertz CT molecular complexity index is 1120. The highest BCUT2D eigenvalue weighted by Crippen LogP contribution is 2.38. The van der Waals surface area contributed by atoms with E-state index in [1.807, 2.05) is 6.92 Å². The van der Waals surface area contributed by atoms with E-state index >= 15 is 0 Å². The smallest absolute Gasteiger partial charge is 0.339 e. The molecule has 1 aliphatic heterocycles. The second-order valence-corrected chi connectivity index (χ2v) is 11.3. The van der Waals surface area contributed by atoms with Crippen LogP contribution in [0.5, 0.6) is 11.5 Å². The number of carboxylic acids is 1. The molecule has 8 nitrogen and oxygen atoms in total. The summed E-state index contributed by atoms with van der Waals surface area (Å²) in [6.45, 7) is 9.04. The summed E-state index contributed by atoms with van der Waals surface area (Å²) in [5.74, 6) is -0.341. The molecule has 1 unspecified atom stereocenters. The average Bonchev–Trinajstić information content (AvgIpc) is 3.13. The molecule has 190 valence electrons.